The Kier molecular flexibility index (Phi) is 6.95. The maximum Gasteiger partial charge on any atom is 0.247 e. The molecule has 2 aromatic rings. The van der Waals surface area contributed by atoms with E-state index in [2.05, 4.69) is 5.32 Å². The highest BCUT2D eigenvalue weighted by molar-refractivity contribution is 7.92. The van der Waals surface area contributed by atoms with Crippen LogP contribution in [0.2, 0.25) is 5.02 Å². The summed E-state index contributed by atoms with van der Waals surface area (Å²) in [6.07, 6.45) is 2.70. The second kappa shape index (κ2) is 9.15. The summed E-state index contributed by atoms with van der Waals surface area (Å²) in [4.78, 5) is 12.9. The molecule has 0 saturated carbocycles. The quantitative estimate of drug-likeness (QED) is 0.649. The van der Waals surface area contributed by atoms with Crippen molar-refractivity contribution in [3.05, 3.63) is 53.6 Å². The average molecular weight is 486 g/mol. The number of anilines is 2. The van der Waals surface area contributed by atoms with Crippen LogP contribution in [0.5, 0.6) is 0 Å². The number of carbonyl (C=O) groups is 1. The van der Waals surface area contributed by atoms with Gasteiger partial charge >= 0.3 is 0 Å². The van der Waals surface area contributed by atoms with Crippen molar-refractivity contribution in [3.63, 3.8) is 0 Å². The molecule has 8 nitrogen and oxygen atoms in total. The molecule has 168 valence electrons. The van der Waals surface area contributed by atoms with Crippen LogP contribution in [0.4, 0.5) is 11.4 Å². The van der Waals surface area contributed by atoms with Crippen LogP contribution < -0.4 is 9.62 Å². The normalized spacial score (nSPS) is 16.1. The van der Waals surface area contributed by atoms with Crippen LogP contribution in [-0.4, -0.2) is 52.4 Å². The average Bonchev–Trinajstić information content (AvgIpc) is 3.25. The van der Waals surface area contributed by atoms with Gasteiger partial charge in [-0.05, 0) is 68.3 Å². The third-order valence-corrected chi connectivity index (χ3v) is 8.40. The molecule has 1 aliphatic heterocycles. The van der Waals surface area contributed by atoms with Crippen LogP contribution in [0.25, 0.3) is 0 Å². The van der Waals surface area contributed by atoms with E-state index in [4.69, 9.17) is 11.6 Å². The maximum atomic E-state index is 12.8. The van der Waals surface area contributed by atoms with Crippen LogP contribution in [-0.2, 0) is 24.8 Å². The van der Waals surface area contributed by atoms with Gasteiger partial charge in [-0.3, -0.25) is 9.10 Å². The first-order chi connectivity index (χ1) is 14.5. The zero-order valence-electron chi connectivity index (χ0n) is 17.2. The molecule has 11 heteroatoms. The first kappa shape index (κ1) is 23.5. The lowest BCUT2D eigenvalue weighted by Gasteiger charge is -2.28. The summed E-state index contributed by atoms with van der Waals surface area (Å²) < 4.78 is 52.3. The molecule has 1 fully saturated rings. The molecule has 2 aromatic carbocycles. The second-order valence-corrected chi connectivity index (χ2v) is 11.6. The van der Waals surface area contributed by atoms with Crippen LogP contribution in [0, 0.1) is 0 Å². The Morgan fingerprint density at radius 2 is 1.55 bits per heavy atom. The number of sulfonamides is 2. The zero-order chi connectivity index (χ0) is 22.8. The van der Waals surface area contributed by atoms with Gasteiger partial charge in [0.25, 0.3) is 0 Å². The molecule has 1 amide bonds. The number of carbonyl (C=O) groups excluding carboxylic acids is 1. The van der Waals surface area contributed by atoms with E-state index in [-0.39, 0.29) is 4.90 Å². The van der Waals surface area contributed by atoms with Crippen LogP contribution in [0.3, 0.4) is 0 Å². The van der Waals surface area contributed by atoms with E-state index in [0.29, 0.717) is 29.5 Å². The lowest BCUT2D eigenvalue weighted by atomic mass is 10.2. The Balaban J connectivity index is 1.77. The van der Waals surface area contributed by atoms with Crippen molar-refractivity contribution < 1.29 is 21.6 Å². The number of nitrogens with one attached hydrogen (secondary N) is 1. The summed E-state index contributed by atoms with van der Waals surface area (Å²) in [5.74, 6) is -0.560. The fourth-order valence-corrected chi connectivity index (χ4v) is 6.25. The third kappa shape index (κ3) is 5.38. The van der Waals surface area contributed by atoms with Crippen molar-refractivity contribution in [2.24, 2.45) is 0 Å². The summed E-state index contributed by atoms with van der Waals surface area (Å²) in [5, 5.41) is 3.09. The molecule has 1 unspecified atom stereocenters. The number of amides is 1. The number of halogens is 1. The van der Waals surface area contributed by atoms with Gasteiger partial charge in [-0.2, -0.15) is 4.31 Å². The van der Waals surface area contributed by atoms with Gasteiger partial charge in [-0.15, -0.1) is 0 Å². The van der Waals surface area contributed by atoms with E-state index < -0.39 is 32.0 Å². The molecule has 1 atom stereocenters. The fourth-order valence-electron chi connectivity index (χ4n) is 3.43. The number of hydrogen-bond acceptors (Lipinski definition) is 5. The Bertz CT molecular complexity index is 1140. The highest BCUT2D eigenvalue weighted by Crippen LogP contribution is 2.25. The summed E-state index contributed by atoms with van der Waals surface area (Å²) in [6.45, 7) is 2.48. The molecule has 0 bridgehead atoms. The second-order valence-electron chi connectivity index (χ2n) is 7.34. The summed E-state index contributed by atoms with van der Waals surface area (Å²) in [6, 6.07) is 10.9. The first-order valence-electron chi connectivity index (χ1n) is 9.66. The summed E-state index contributed by atoms with van der Waals surface area (Å²) >= 11 is 5.87. The minimum absolute atomic E-state index is 0.152. The monoisotopic (exact) mass is 485 g/mol. The van der Waals surface area contributed by atoms with Gasteiger partial charge in [0.1, 0.15) is 6.04 Å². The van der Waals surface area contributed by atoms with E-state index >= 15 is 0 Å². The minimum atomic E-state index is -3.76. The topological polar surface area (TPSA) is 104 Å². The van der Waals surface area contributed by atoms with E-state index in [1.54, 1.807) is 12.1 Å². The van der Waals surface area contributed by atoms with E-state index in [9.17, 15) is 21.6 Å². The van der Waals surface area contributed by atoms with Crippen molar-refractivity contribution in [1.29, 1.82) is 0 Å². The van der Waals surface area contributed by atoms with E-state index in [0.717, 1.165) is 23.4 Å². The number of hydrogen-bond donors (Lipinski definition) is 1. The lowest BCUT2D eigenvalue weighted by Crippen LogP contribution is -2.45. The molecular weight excluding hydrogens is 462 g/mol. The first-order valence-corrected chi connectivity index (χ1v) is 13.3. The fraction of sp³-hybridized carbons (Fsp3) is 0.350. The smallest absolute Gasteiger partial charge is 0.247 e. The highest BCUT2D eigenvalue weighted by Gasteiger charge is 2.30. The summed E-state index contributed by atoms with van der Waals surface area (Å²) in [7, 11) is -7.31. The van der Waals surface area contributed by atoms with Crippen molar-refractivity contribution in [3.8, 4) is 0 Å². The van der Waals surface area contributed by atoms with Gasteiger partial charge < -0.3 is 5.32 Å². The molecule has 1 saturated heterocycles. The number of benzene rings is 2. The highest BCUT2D eigenvalue weighted by atomic mass is 35.5. The molecule has 0 radical (unpaired) electrons. The summed E-state index contributed by atoms with van der Waals surface area (Å²) in [5.41, 5.74) is 0.670. The van der Waals surface area contributed by atoms with Gasteiger partial charge in [0.15, 0.2) is 0 Å². The molecular formula is C20H24ClN3O5S2. The molecule has 0 aliphatic carbocycles. The van der Waals surface area contributed by atoms with Crippen LogP contribution in [0.15, 0.2) is 53.4 Å². The SMILES string of the molecule is CC(C(=O)Nc1ccc(S(=O)(=O)N2CCCC2)cc1)N(c1ccc(Cl)cc1)S(C)(=O)=O. The van der Waals surface area contributed by atoms with Gasteiger partial charge in [-0.1, -0.05) is 11.6 Å². The van der Waals surface area contributed by atoms with Gasteiger partial charge in [-0.25, -0.2) is 16.8 Å². The van der Waals surface area contributed by atoms with Gasteiger partial charge in [0, 0.05) is 23.8 Å². The zero-order valence-corrected chi connectivity index (χ0v) is 19.5. The van der Waals surface area contributed by atoms with Crippen molar-refractivity contribution in [2.45, 2.75) is 30.7 Å². The Morgan fingerprint density at radius 3 is 2.06 bits per heavy atom. The van der Waals surface area contributed by atoms with Crippen LogP contribution >= 0.6 is 11.6 Å². The van der Waals surface area contributed by atoms with Gasteiger partial charge in [0.2, 0.25) is 26.0 Å². The minimum Gasteiger partial charge on any atom is -0.324 e. The van der Waals surface area contributed by atoms with E-state index in [1.807, 2.05) is 0 Å². The maximum absolute atomic E-state index is 12.8. The predicted octanol–water partition coefficient (Wildman–Crippen LogP) is 2.92. The molecule has 1 heterocycles. The number of rotatable bonds is 7. The Labute approximate surface area is 187 Å². The van der Waals surface area contributed by atoms with E-state index in [1.165, 1.54) is 47.6 Å². The molecule has 1 N–H and O–H groups in total. The molecule has 0 spiro atoms. The van der Waals surface area contributed by atoms with Gasteiger partial charge in [0.05, 0.1) is 16.8 Å². The molecule has 3 rings (SSSR count). The van der Waals surface area contributed by atoms with Crippen molar-refractivity contribution in [1.82, 2.24) is 4.31 Å². The number of nitrogens with zero attached hydrogens (tertiary/aromatic N) is 2. The molecule has 31 heavy (non-hydrogen) atoms. The van der Waals surface area contributed by atoms with Crippen LogP contribution in [0.1, 0.15) is 19.8 Å². The molecule has 1 aliphatic rings. The Hall–Kier alpha value is -2.14. The van der Waals surface area contributed by atoms with Crippen molar-refractivity contribution >= 4 is 48.9 Å². The lowest BCUT2D eigenvalue weighted by molar-refractivity contribution is -0.116. The predicted molar refractivity (Wildman–Crippen MR) is 121 cm³/mol. The largest absolute Gasteiger partial charge is 0.324 e. The van der Waals surface area contributed by atoms with Crippen molar-refractivity contribution in [2.75, 3.05) is 29.0 Å². The molecule has 0 aromatic heterocycles. The third-order valence-electron chi connectivity index (χ3n) is 4.99. The standard InChI is InChI=1S/C20H24ClN3O5S2/c1-15(24(30(2,26)27)18-9-5-16(21)6-10-18)20(25)22-17-7-11-19(12-8-17)31(28,29)23-13-3-4-14-23/h5-12,15H,3-4,13-14H2,1-2H3,(H,22,25). The Morgan fingerprint density at radius 1 is 1.00 bits per heavy atom.